The number of aromatic nitrogens is 4. The van der Waals surface area contributed by atoms with Crippen LogP contribution >= 0.6 is 0 Å². The van der Waals surface area contributed by atoms with E-state index in [9.17, 15) is 0 Å². The van der Waals surface area contributed by atoms with Crippen molar-refractivity contribution in [3.63, 3.8) is 0 Å². The van der Waals surface area contributed by atoms with Crippen LogP contribution in [0.5, 0.6) is 0 Å². The Labute approximate surface area is 100 Å². The molecule has 0 bridgehead atoms. The molecule has 0 saturated heterocycles. The Hall–Kier alpha value is -1.85. The minimum atomic E-state index is -0.0181. The largest absolute Gasteiger partial charge is 0.423 e. The Bertz CT molecular complexity index is 476. The summed E-state index contributed by atoms with van der Waals surface area (Å²) in [5.41, 5.74) is 0.960. The van der Waals surface area contributed by atoms with Crippen LogP contribution in [0.15, 0.2) is 16.8 Å². The first-order valence-electron chi connectivity index (χ1n) is 5.78. The van der Waals surface area contributed by atoms with Gasteiger partial charge in [0.2, 0.25) is 11.8 Å². The van der Waals surface area contributed by atoms with Crippen LogP contribution in [0.1, 0.15) is 38.1 Å². The molecule has 2 aromatic rings. The summed E-state index contributed by atoms with van der Waals surface area (Å²) < 4.78 is 7.27. The number of nitrogens with one attached hydrogen (secondary N) is 1. The lowest BCUT2D eigenvalue weighted by Gasteiger charge is -2.08. The second-order valence-corrected chi connectivity index (χ2v) is 4.02. The van der Waals surface area contributed by atoms with E-state index in [2.05, 4.69) is 27.5 Å². The van der Waals surface area contributed by atoms with E-state index in [4.69, 9.17) is 4.42 Å². The van der Waals surface area contributed by atoms with E-state index in [-0.39, 0.29) is 6.04 Å². The highest BCUT2D eigenvalue weighted by Gasteiger charge is 2.12. The molecule has 0 amide bonds. The van der Waals surface area contributed by atoms with Crippen LogP contribution in [-0.4, -0.2) is 20.0 Å². The number of nitrogens with zero attached hydrogens (tertiary/aromatic N) is 4. The van der Waals surface area contributed by atoms with Crippen molar-refractivity contribution in [3.05, 3.63) is 24.2 Å². The Morgan fingerprint density at radius 2 is 2.29 bits per heavy atom. The average molecular weight is 235 g/mol. The van der Waals surface area contributed by atoms with Gasteiger partial charge in [-0.2, -0.15) is 5.10 Å². The van der Waals surface area contributed by atoms with Gasteiger partial charge in [-0.15, -0.1) is 10.2 Å². The van der Waals surface area contributed by atoms with E-state index < -0.39 is 0 Å². The number of rotatable bonds is 5. The summed E-state index contributed by atoms with van der Waals surface area (Å²) in [6, 6.07) is -0.0181. The van der Waals surface area contributed by atoms with E-state index in [0.29, 0.717) is 11.8 Å². The molecular weight excluding hydrogens is 218 g/mol. The fourth-order valence-electron chi connectivity index (χ4n) is 1.59. The Morgan fingerprint density at radius 3 is 2.94 bits per heavy atom. The van der Waals surface area contributed by atoms with E-state index in [0.717, 1.165) is 18.7 Å². The summed E-state index contributed by atoms with van der Waals surface area (Å²) in [5, 5.41) is 15.3. The lowest BCUT2D eigenvalue weighted by Crippen LogP contribution is -2.06. The summed E-state index contributed by atoms with van der Waals surface area (Å²) in [7, 11) is 0. The number of aryl methyl sites for hydroxylation is 2. The van der Waals surface area contributed by atoms with Gasteiger partial charge in [-0.3, -0.25) is 4.68 Å². The first-order valence-corrected chi connectivity index (χ1v) is 5.78. The van der Waals surface area contributed by atoms with Gasteiger partial charge >= 0.3 is 0 Å². The monoisotopic (exact) mass is 235 g/mol. The van der Waals surface area contributed by atoms with Crippen LogP contribution in [0.3, 0.4) is 0 Å². The Kier molecular flexibility index (Phi) is 3.41. The fourth-order valence-corrected chi connectivity index (χ4v) is 1.59. The van der Waals surface area contributed by atoms with Gasteiger partial charge in [0, 0.05) is 19.7 Å². The van der Waals surface area contributed by atoms with Crippen molar-refractivity contribution in [2.75, 3.05) is 5.32 Å². The number of anilines is 1. The standard InChI is InChI=1S/C11H17N5O/c1-4-5-16-7-10(6-12-16)13-8(2)11-15-14-9(3)17-11/h6-8,13H,4-5H2,1-3H3/t8-/m0/s1. The molecule has 6 nitrogen and oxygen atoms in total. The van der Waals surface area contributed by atoms with Gasteiger partial charge < -0.3 is 9.73 Å². The van der Waals surface area contributed by atoms with Crippen molar-refractivity contribution >= 4 is 5.69 Å². The van der Waals surface area contributed by atoms with E-state index >= 15 is 0 Å². The quantitative estimate of drug-likeness (QED) is 0.860. The van der Waals surface area contributed by atoms with Gasteiger partial charge in [0.1, 0.15) is 6.04 Å². The van der Waals surface area contributed by atoms with Crippen molar-refractivity contribution in [1.29, 1.82) is 0 Å². The predicted octanol–water partition coefficient (Wildman–Crippen LogP) is 2.16. The lowest BCUT2D eigenvalue weighted by molar-refractivity contribution is 0.451. The van der Waals surface area contributed by atoms with Crippen LogP contribution in [0, 0.1) is 6.92 Å². The fraction of sp³-hybridized carbons (Fsp3) is 0.545. The topological polar surface area (TPSA) is 68.8 Å². The molecule has 2 rings (SSSR count). The van der Waals surface area contributed by atoms with Crippen LogP contribution in [0.2, 0.25) is 0 Å². The summed E-state index contributed by atoms with van der Waals surface area (Å²) in [5.74, 6) is 1.17. The highest BCUT2D eigenvalue weighted by molar-refractivity contribution is 5.39. The maximum atomic E-state index is 5.36. The van der Waals surface area contributed by atoms with Crippen molar-refractivity contribution in [2.24, 2.45) is 0 Å². The maximum absolute atomic E-state index is 5.36. The van der Waals surface area contributed by atoms with E-state index in [1.165, 1.54) is 0 Å². The third kappa shape index (κ3) is 2.83. The number of hydrogen-bond donors (Lipinski definition) is 1. The molecule has 2 heterocycles. The molecule has 0 aliphatic carbocycles. The molecule has 17 heavy (non-hydrogen) atoms. The molecule has 0 radical (unpaired) electrons. The molecular formula is C11H17N5O. The molecule has 1 N–H and O–H groups in total. The van der Waals surface area contributed by atoms with Gasteiger partial charge in [-0.25, -0.2) is 0 Å². The van der Waals surface area contributed by atoms with E-state index in [1.54, 1.807) is 13.1 Å². The third-order valence-electron chi connectivity index (χ3n) is 2.38. The molecule has 0 aromatic carbocycles. The Balaban J connectivity index is 1.99. The number of hydrogen-bond acceptors (Lipinski definition) is 5. The van der Waals surface area contributed by atoms with Crippen molar-refractivity contribution in [2.45, 2.75) is 39.8 Å². The zero-order valence-electron chi connectivity index (χ0n) is 10.3. The molecule has 0 saturated carbocycles. The van der Waals surface area contributed by atoms with Crippen LogP contribution < -0.4 is 5.32 Å². The Morgan fingerprint density at radius 1 is 1.47 bits per heavy atom. The van der Waals surface area contributed by atoms with Crippen LogP contribution in [0.4, 0.5) is 5.69 Å². The van der Waals surface area contributed by atoms with Gasteiger partial charge in [0.15, 0.2) is 0 Å². The maximum Gasteiger partial charge on any atom is 0.238 e. The SMILES string of the molecule is CCCn1cc(N[C@@H](C)c2nnc(C)o2)cn1. The predicted molar refractivity (Wildman–Crippen MR) is 63.6 cm³/mol. The van der Waals surface area contributed by atoms with Gasteiger partial charge in [-0.05, 0) is 13.3 Å². The van der Waals surface area contributed by atoms with E-state index in [1.807, 2.05) is 17.8 Å². The molecule has 6 heteroatoms. The summed E-state index contributed by atoms with van der Waals surface area (Å²) in [6.07, 6.45) is 4.85. The lowest BCUT2D eigenvalue weighted by atomic mass is 10.3. The molecule has 92 valence electrons. The van der Waals surface area contributed by atoms with Gasteiger partial charge in [0.25, 0.3) is 0 Å². The van der Waals surface area contributed by atoms with Crippen LogP contribution in [0.25, 0.3) is 0 Å². The zero-order valence-corrected chi connectivity index (χ0v) is 10.3. The minimum absolute atomic E-state index is 0.0181. The second kappa shape index (κ2) is 4.99. The first-order chi connectivity index (χ1) is 8.19. The molecule has 0 fully saturated rings. The molecule has 0 spiro atoms. The summed E-state index contributed by atoms with van der Waals surface area (Å²) >= 11 is 0. The van der Waals surface area contributed by atoms with Crippen molar-refractivity contribution < 1.29 is 4.42 Å². The molecule has 0 unspecified atom stereocenters. The average Bonchev–Trinajstić information content (AvgIpc) is 2.88. The minimum Gasteiger partial charge on any atom is -0.423 e. The summed E-state index contributed by atoms with van der Waals surface area (Å²) in [6.45, 7) is 6.81. The first kappa shape index (κ1) is 11.6. The van der Waals surface area contributed by atoms with Gasteiger partial charge in [-0.1, -0.05) is 6.92 Å². The molecule has 0 aliphatic rings. The highest BCUT2D eigenvalue weighted by Crippen LogP contribution is 2.17. The summed E-state index contributed by atoms with van der Waals surface area (Å²) in [4.78, 5) is 0. The zero-order chi connectivity index (χ0) is 12.3. The van der Waals surface area contributed by atoms with Crippen LogP contribution in [-0.2, 0) is 6.54 Å². The molecule has 2 aromatic heterocycles. The van der Waals surface area contributed by atoms with Crippen molar-refractivity contribution in [3.8, 4) is 0 Å². The third-order valence-corrected chi connectivity index (χ3v) is 2.38. The van der Waals surface area contributed by atoms with Crippen molar-refractivity contribution in [1.82, 2.24) is 20.0 Å². The molecule has 1 atom stereocenters. The smallest absolute Gasteiger partial charge is 0.238 e. The van der Waals surface area contributed by atoms with Gasteiger partial charge in [0.05, 0.1) is 11.9 Å². The second-order valence-electron chi connectivity index (χ2n) is 4.02. The highest BCUT2D eigenvalue weighted by atomic mass is 16.4. The molecule has 0 aliphatic heterocycles. The normalized spacial score (nSPS) is 12.6.